The van der Waals surface area contributed by atoms with Crippen LogP contribution in [0.1, 0.15) is 32.8 Å². The van der Waals surface area contributed by atoms with Gasteiger partial charge in [-0.05, 0) is 60.0 Å². The van der Waals surface area contributed by atoms with Gasteiger partial charge in [0.2, 0.25) is 11.7 Å². The number of hydrogen-bond donors (Lipinski definition) is 3. The number of carbonyl (C=O) groups excluding carboxylic acids is 1. The highest BCUT2D eigenvalue weighted by Gasteiger charge is 2.21. The molecule has 1 atom stereocenters. The van der Waals surface area contributed by atoms with Crippen LogP contribution in [0.5, 0.6) is 17.2 Å². The van der Waals surface area contributed by atoms with Crippen molar-refractivity contribution in [2.45, 2.75) is 33.4 Å². The first-order valence-electron chi connectivity index (χ1n) is 10.4. The molecule has 0 bridgehead atoms. The van der Waals surface area contributed by atoms with Gasteiger partial charge in [-0.15, -0.1) is 0 Å². The zero-order chi connectivity index (χ0) is 24.4. The number of methoxy groups -OCH3 is 3. The molecule has 1 unspecified atom stereocenters. The number of rotatable bonds is 9. The number of aromatic nitrogens is 1. The number of nitrogens with zero attached hydrogens (tertiary/aromatic N) is 1. The third-order valence-corrected chi connectivity index (χ3v) is 4.68. The number of anilines is 1. The maximum atomic E-state index is 12.7. The molecule has 0 saturated heterocycles. The standard InChI is InChI=1S/C24H32N4O4S/c1-24(2,3)15-20(28-23(33)27-19-9-7-8-12-25-19)26-21(29)11-10-16-13-17(30-4)22(32-6)18(14-16)31-5/h7-14,20H,15H2,1-6H3,(H,26,29)(H2,25,27,28,33). The smallest absolute Gasteiger partial charge is 0.245 e. The van der Waals surface area contributed by atoms with Crippen molar-refractivity contribution < 1.29 is 19.0 Å². The van der Waals surface area contributed by atoms with Crippen molar-refractivity contribution in [3.05, 3.63) is 48.2 Å². The van der Waals surface area contributed by atoms with E-state index in [0.29, 0.717) is 34.6 Å². The van der Waals surface area contributed by atoms with Gasteiger partial charge < -0.3 is 30.2 Å². The molecular weight excluding hydrogens is 440 g/mol. The van der Waals surface area contributed by atoms with Gasteiger partial charge in [0.25, 0.3) is 0 Å². The Hall–Kier alpha value is -3.33. The van der Waals surface area contributed by atoms with Crippen molar-refractivity contribution in [3.63, 3.8) is 0 Å². The molecule has 1 aromatic carbocycles. The van der Waals surface area contributed by atoms with Crippen molar-refractivity contribution in [2.24, 2.45) is 5.41 Å². The maximum Gasteiger partial charge on any atom is 0.245 e. The summed E-state index contributed by atoms with van der Waals surface area (Å²) in [5, 5.41) is 9.53. The average molecular weight is 473 g/mol. The van der Waals surface area contributed by atoms with Gasteiger partial charge in [-0.25, -0.2) is 4.98 Å². The minimum Gasteiger partial charge on any atom is -0.493 e. The van der Waals surface area contributed by atoms with E-state index in [1.54, 1.807) is 45.7 Å². The van der Waals surface area contributed by atoms with Gasteiger partial charge >= 0.3 is 0 Å². The van der Waals surface area contributed by atoms with E-state index < -0.39 is 0 Å². The lowest BCUT2D eigenvalue weighted by molar-refractivity contribution is -0.117. The predicted octanol–water partition coefficient (Wildman–Crippen LogP) is 3.99. The Balaban J connectivity index is 2.10. The molecule has 9 heteroatoms. The molecule has 0 saturated carbocycles. The molecule has 178 valence electrons. The van der Waals surface area contributed by atoms with Crippen LogP contribution in [0.15, 0.2) is 42.6 Å². The number of amides is 1. The summed E-state index contributed by atoms with van der Waals surface area (Å²) in [6.45, 7) is 6.28. The normalized spacial score (nSPS) is 12.1. The van der Waals surface area contributed by atoms with E-state index in [-0.39, 0.29) is 17.5 Å². The fraction of sp³-hybridized carbons (Fsp3) is 0.375. The molecular formula is C24H32N4O4S. The van der Waals surface area contributed by atoms with Crippen LogP contribution < -0.4 is 30.2 Å². The monoisotopic (exact) mass is 472 g/mol. The number of hydrogen-bond acceptors (Lipinski definition) is 6. The van der Waals surface area contributed by atoms with Crippen LogP contribution in [-0.4, -0.2) is 43.5 Å². The van der Waals surface area contributed by atoms with Gasteiger partial charge in [0.1, 0.15) is 12.0 Å². The number of thiocarbonyl (C=S) groups is 1. The summed E-state index contributed by atoms with van der Waals surface area (Å²) in [7, 11) is 4.63. The van der Waals surface area contributed by atoms with Gasteiger partial charge in [0.05, 0.1) is 21.3 Å². The van der Waals surface area contributed by atoms with E-state index in [4.69, 9.17) is 26.4 Å². The van der Waals surface area contributed by atoms with Crippen LogP contribution in [0.4, 0.5) is 5.82 Å². The highest BCUT2D eigenvalue weighted by molar-refractivity contribution is 7.80. The van der Waals surface area contributed by atoms with Gasteiger partial charge in [0, 0.05) is 12.3 Å². The summed E-state index contributed by atoms with van der Waals surface area (Å²) in [5.41, 5.74) is 0.679. The molecule has 33 heavy (non-hydrogen) atoms. The number of carbonyl (C=O) groups is 1. The summed E-state index contributed by atoms with van der Waals surface area (Å²) >= 11 is 5.40. The predicted molar refractivity (Wildman–Crippen MR) is 135 cm³/mol. The molecule has 2 aromatic rings. The van der Waals surface area contributed by atoms with E-state index in [1.165, 1.54) is 6.08 Å². The quantitative estimate of drug-likeness (QED) is 0.287. The molecule has 0 aliphatic carbocycles. The fourth-order valence-electron chi connectivity index (χ4n) is 3.09. The average Bonchev–Trinajstić information content (AvgIpc) is 2.76. The van der Waals surface area contributed by atoms with E-state index in [9.17, 15) is 4.79 Å². The first kappa shape index (κ1) is 25.9. The van der Waals surface area contributed by atoms with Crippen LogP contribution in [0, 0.1) is 5.41 Å². The Morgan fingerprint density at radius 3 is 2.27 bits per heavy atom. The number of nitrogens with one attached hydrogen (secondary N) is 3. The Morgan fingerprint density at radius 1 is 1.09 bits per heavy atom. The number of ether oxygens (including phenoxy) is 3. The summed E-state index contributed by atoms with van der Waals surface area (Å²) in [6.07, 6.45) is 5.07. The third-order valence-electron chi connectivity index (χ3n) is 4.46. The van der Waals surface area contributed by atoms with Crippen molar-refractivity contribution >= 4 is 35.1 Å². The molecule has 0 radical (unpaired) electrons. The van der Waals surface area contributed by atoms with Gasteiger partial charge in [-0.2, -0.15) is 0 Å². The van der Waals surface area contributed by atoms with Crippen molar-refractivity contribution in [2.75, 3.05) is 26.6 Å². The molecule has 3 N–H and O–H groups in total. The molecule has 1 heterocycles. The highest BCUT2D eigenvalue weighted by atomic mass is 32.1. The van der Waals surface area contributed by atoms with Crippen molar-refractivity contribution in [1.82, 2.24) is 15.6 Å². The van der Waals surface area contributed by atoms with E-state index in [2.05, 4.69) is 41.7 Å². The van der Waals surface area contributed by atoms with Crippen molar-refractivity contribution in [1.29, 1.82) is 0 Å². The lowest BCUT2D eigenvalue weighted by Crippen LogP contribution is -2.50. The van der Waals surface area contributed by atoms with Gasteiger partial charge in [-0.3, -0.25) is 4.79 Å². The summed E-state index contributed by atoms with van der Waals surface area (Å²) in [6, 6.07) is 9.03. The van der Waals surface area contributed by atoms with E-state index in [0.717, 1.165) is 5.56 Å². The molecule has 0 aliphatic heterocycles. The molecule has 0 spiro atoms. The second kappa shape index (κ2) is 12.1. The summed E-state index contributed by atoms with van der Waals surface area (Å²) in [4.78, 5) is 16.9. The maximum absolute atomic E-state index is 12.7. The fourth-order valence-corrected chi connectivity index (χ4v) is 3.33. The van der Waals surface area contributed by atoms with Crippen LogP contribution in [0.25, 0.3) is 6.08 Å². The van der Waals surface area contributed by atoms with E-state index in [1.807, 2.05) is 18.2 Å². The second-order valence-corrected chi connectivity index (χ2v) is 8.84. The first-order chi connectivity index (χ1) is 15.6. The third kappa shape index (κ3) is 8.61. The zero-order valence-electron chi connectivity index (χ0n) is 19.9. The van der Waals surface area contributed by atoms with Gasteiger partial charge in [0.15, 0.2) is 16.6 Å². The lowest BCUT2D eigenvalue weighted by Gasteiger charge is -2.28. The van der Waals surface area contributed by atoms with Gasteiger partial charge in [-0.1, -0.05) is 26.8 Å². The zero-order valence-corrected chi connectivity index (χ0v) is 20.7. The second-order valence-electron chi connectivity index (χ2n) is 8.43. The molecule has 2 rings (SSSR count). The SMILES string of the molecule is COc1cc(C=CC(=O)NC(CC(C)(C)C)NC(=S)Nc2ccccn2)cc(OC)c1OC. The number of pyridine rings is 1. The van der Waals surface area contributed by atoms with Crippen LogP contribution >= 0.6 is 12.2 Å². The molecule has 8 nitrogen and oxygen atoms in total. The minimum atomic E-state index is -0.384. The Morgan fingerprint density at radius 2 is 1.76 bits per heavy atom. The molecule has 0 fully saturated rings. The van der Waals surface area contributed by atoms with Crippen LogP contribution in [-0.2, 0) is 4.79 Å². The summed E-state index contributed by atoms with van der Waals surface area (Å²) < 4.78 is 16.1. The Kier molecular flexibility index (Phi) is 9.47. The van der Waals surface area contributed by atoms with E-state index >= 15 is 0 Å². The molecule has 1 amide bonds. The Labute approximate surface area is 200 Å². The van der Waals surface area contributed by atoms with Crippen LogP contribution in [0.3, 0.4) is 0 Å². The topological polar surface area (TPSA) is 93.7 Å². The van der Waals surface area contributed by atoms with Crippen molar-refractivity contribution in [3.8, 4) is 17.2 Å². The first-order valence-corrected chi connectivity index (χ1v) is 10.8. The number of benzene rings is 1. The largest absolute Gasteiger partial charge is 0.493 e. The minimum absolute atomic E-state index is 0.0496. The highest BCUT2D eigenvalue weighted by Crippen LogP contribution is 2.38. The summed E-state index contributed by atoms with van der Waals surface area (Å²) in [5.74, 6) is 1.86. The lowest BCUT2D eigenvalue weighted by atomic mass is 9.90. The van der Waals surface area contributed by atoms with Crippen LogP contribution in [0.2, 0.25) is 0 Å². The molecule has 1 aromatic heterocycles. The molecule has 0 aliphatic rings. The Bertz CT molecular complexity index is 949.